The number of hydrogen-bond donors (Lipinski definition) is 1. The number of benzene rings is 1. The highest BCUT2D eigenvalue weighted by molar-refractivity contribution is 6.05. The van der Waals surface area contributed by atoms with Crippen LogP contribution in [0.25, 0.3) is 0 Å². The first-order valence-electron chi connectivity index (χ1n) is 8.11. The van der Waals surface area contributed by atoms with Gasteiger partial charge in [0.15, 0.2) is 0 Å². The Kier molecular flexibility index (Phi) is 5.42. The molecule has 3 rings (SSSR count). The van der Waals surface area contributed by atoms with E-state index in [1.807, 2.05) is 64.1 Å². The smallest absolute Gasteiger partial charge is 0.251 e. The number of fused-ring (bicyclic) bond motifs is 1. The molecule has 0 bridgehead atoms. The zero-order valence-corrected chi connectivity index (χ0v) is 13.8. The second-order valence-electron chi connectivity index (χ2n) is 5.39. The highest BCUT2D eigenvalue weighted by Crippen LogP contribution is 2.51. The average molecular weight is 303 g/mol. The SMILES string of the molecule is CC.CCOC1=CC=C(C(=O)Nc2ccc(C)cc2)C2CC12.[HH].[HH]. The Hall–Kier alpha value is -2.03. The van der Waals surface area contributed by atoms with Crippen LogP contribution in [0.2, 0.25) is 0 Å². The third-order valence-electron chi connectivity index (χ3n) is 3.87. The maximum absolute atomic E-state index is 12.3. The van der Waals surface area contributed by atoms with Crippen LogP contribution in [-0.2, 0) is 9.53 Å². The van der Waals surface area contributed by atoms with Crippen LogP contribution in [0.1, 0.15) is 35.6 Å². The molecule has 0 radical (unpaired) electrons. The number of anilines is 1. The van der Waals surface area contributed by atoms with Gasteiger partial charge in [-0.3, -0.25) is 4.79 Å². The van der Waals surface area contributed by atoms with Gasteiger partial charge in [-0.1, -0.05) is 31.5 Å². The number of nitrogens with one attached hydrogen (secondary N) is 1. The summed E-state index contributed by atoms with van der Waals surface area (Å²) < 4.78 is 5.58. The summed E-state index contributed by atoms with van der Waals surface area (Å²) in [5.41, 5.74) is 2.91. The molecule has 2 aliphatic carbocycles. The third kappa shape index (κ3) is 3.59. The van der Waals surface area contributed by atoms with Gasteiger partial charge in [0.25, 0.3) is 5.91 Å². The largest absolute Gasteiger partial charge is 0.498 e. The maximum Gasteiger partial charge on any atom is 0.251 e. The number of hydrogen-bond acceptors (Lipinski definition) is 2. The number of carbonyl (C=O) groups excluding carboxylic acids is 1. The monoisotopic (exact) mass is 303 g/mol. The fourth-order valence-corrected chi connectivity index (χ4v) is 2.68. The number of carbonyl (C=O) groups is 1. The van der Waals surface area contributed by atoms with Crippen LogP contribution in [0.3, 0.4) is 0 Å². The van der Waals surface area contributed by atoms with Gasteiger partial charge < -0.3 is 10.1 Å². The van der Waals surface area contributed by atoms with Crippen molar-refractivity contribution in [2.75, 3.05) is 11.9 Å². The van der Waals surface area contributed by atoms with Crippen molar-refractivity contribution in [1.82, 2.24) is 0 Å². The summed E-state index contributed by atoms with van der Waals surface area (Å²) in [6.45, 7) is 8.71. The van der Waals surface area contributed by atoms with Crippen molar-refractivity contribution in [1.29, 1.82) is 0 Å². The first-order chi connectivity index (χ1) is 10.7. The second kappa shape index (κ2) is 7.30. The summed E-state index contributed by atoms with van der Waals surface area (Å²) in [4.78, 5) is 12.3. The minimum atomic E-state index is 0. The van der Waals surface area contributed by atoms with Crippen LogP contribution in [0.5, 0.6) is 0 Å². The number of amides is 1. The molecule has 1 amide bonds. The van der Waals surface area contributed by atoms with Crippen molar-refractivity contribution in [3.63, 3.8) is 0 Å². The van der Waals surface area contributed by atoms with E-state index in [9.17, 15) is 4.79 Å². The van der Waals surface area contributed by atoms with E-state index in [2.05, 4.69) is 5.32 Å². The van der Waals surface area contributed by atoms with Gasteiger partial charge >= 0.3 is 0 Å². The molecule has 1 aromatic rings. The molecule has 2 unspecified atom stereocenters. The summed E-state index contributed by atoms with van der Waals surface area (Å²) in [7, 11) is 0. The summed E-state index contributed by atoms with van der Waals surface area (Å²) in [5.74, 6) is 1.79. The van der Waals surface area contributed by atoms with Crippen molar-refractivity contribution >= 4 is 11.6 Å². The van der Waals surface area contributed by atoms with Crippen molar-refractivity contribution < 1.29 is 12.4 Å². The Morgan fingerprint density at radius 1 is 1.23 bits per heavy atom. The maximum atomic E-state index is 12.3. The number of allylic oxidation sites excluding steroid dienone is 3. The Labute approximate surface area is 136 Å². The zero-order valence-electron chi connectivity index (χ0n) is 13.8. The van der Waals surface area contributed by atoms with Gasteiger partial charge in [-0.05, 0) is 50.5 Å². The highest BCUT2D eigenvalue weighted by atomic mass is 16.5. The predicted molar refractivity (Wildman–Crippen MR) is 94.8 cm³/mol. The average Bonchev–Trinajstić information content (AvgIpc) is 3.33. The molecule has 122 valence electrons. The minimum Gasteiger partial charge on any atom is -0.498 e. The topological polar surface area (TPSA) is 38.3 Å². The van der Waals surface area contributed by atoms with E-state index in [-0.39, 0.29) is 8.76 Å². The molecule has 0 aliphatic heterocycles. The summed E-state index contributed by atoms with van der Waals surface area (Å²) in [6.07, 6.45) is 4.88. The molecule has 1 saturated carbocycles. The lowest BCUT2D eigenvalue weighted by Crippen LogP contribution is -2.18. The van der Waals surface area contributed by atoms with Crippen molar-refractivity contribution in [2.45, 2.75) is 34.1 Å². The Morgan fingerprint density at radius 3 is 2.55 bits per heavy atom. The van der Waals surface area contributed by atoms with E-state index >= 15 is 0 Å². The van der Waals surface area contributed by atoms with E-state index < -0.39 is 0 Å². The molecule has 0 spiro atoms. The van der Waals surface area contributed by atoms with E-state index in [0.717, 1.165) is 23.4 Å². The van der Waals surface area contributed by atoms with Crippen LogP contribution in [-0.4, -0.2) is 12.5 Å². The molecule has 1 N–H and O–H groups in total. The van der Waals surface area contributed by atoms with E-state index in [4.69, 9.17) is 4.74 Å². The molecule has 3 heteroatoms. The zero-order chi connectivity index (χ0) is 16.1. The van der Waals surface area contributed by atoms with Gasteiger partial charge in [-0.25, -0.2) is 0 Å². The van der Waals surface area contributed by atoms with E-state index in [0.29, 0.717) is 18.4 Å². The second-order valence-corrected chi connectivity index (χ2v) is 5.39. The molecule has 0 aromatic heterocycles. The number of rotatable bonds is 4. The first-order valence-corrected chi connectivity index (χ1v) is 8.11. The molecule has 22 heavy (non-hydrogen) atoms. The standard InChI is InChI=1S/C17H19NO2.C2H6.2H2/c1-3-20-16-9-8-13(14-10-15(14)16)17(19)18-12-6-4-11(2)5-7-12;1-2;;/h4-9,14-15H,3,10H2,1-2H3,(H,18,19);1-2H3;2*1H. The summed E-state index contributed by atoms with van der Waals surface area (Å²) in [6, 6.07) is 7.86. The molecule has 1 aromatic carbocycles. The fourth-order valence-electron chi connectivity index (χ4n) is 2.68. The summed E-state index contributed by atoms with van der Waals surface area (Å²) in [5, 5.41) is 2.97. The van der Waals surface area contributed by atoms with E-state index in [1.165, 1.54) is 5.56 Å². The van der Waals surface area contributed by atoms with Crippen molar-refractivity contribution in [2.24, 2.45) is 11.8 Å². The van der Waals surface area contributed by atoms with Crippen molar-refractivity contribution in [3.05, 3.63) is 53.3 Å². The number of ether oxygens (including phenoxy) is 1. The Bertz CT molecular complexity index is 594. The molecule has 2 atom stereocenters. The van der Waals surface area contributed by atoms with Gasteiger partial charge in [0.1, 0.15) is 0 Å². The van der Waals surface area contributed by atoms with Crippen molar-refractivity contribution in [3.8, 4) is 0 Å². The van der Waals surface area contributed by atoms with Crippen LogP contribution in [0, 0.1) is 18.8 Å². The van der Waals surface area contributed by atoms with E-state index in [1.54, 1.807) is 0 Å². The Morgan fingerprint density at radius 2 is 1.91 bits per heavy atom. The lowest BCUT2D eigenvalue weighted by Gasteiger charge is -2.14. The lowest BCUT2D eigenvalue weighted by atomic mass is 10.0. The van der Waals surface area contributed by atoms with Gasteiger partial charge in [0.2, 0.25) is 0 Å². The molecular formula is C19H29NO2. The van der Waals surface area contributed by atoms with Crippen LogP contribution in [0.4, 0.5) is 5.69 Å². The molecule has 3 nitrogen and oxygen atoms in total. The summed E-state index contributed by atoms with van der Waals surface area (Å²) >= 11 is 0. The lowest BCUT2D eigenvalue weighted by molar-refractivity contribution is -0.113. The fraction of sp³-hybridized carbons (Fsp3) is 0.421. The predicted octanol–water partition coefficient (Wildman–Crippen LogP) is 4.95. The molecule has 1 fully saturated rings. The number of aryl methyl sites for hydroxylation is 1. The molecule has 0 heterocycles. The molecular weight excluding hydrogens is 274 g/mol. The Balaban J connectivity index is 0.00000128. The minimum absolute atomic E-state index is 0. The highest BCUT2D eigenvalue weighted by Gasteiger charge is 2.47. The van der Waals surface area contributed by atoms with Crippen LogP contribution in [0.15, 0.2) is 47.7 Å². The van der Waals surface area contributed by atoms with Crippen LogP contribution >= 0.6 is 0 Å². The van der Waals surface area contributed by atoms with Gasteiger partial charge in [0, 0.05) is 20.0 Å². The van der Waals surface area contributed by atoms with Crippen LogP contribution < -0.4 is 5.32 Å². The molecule has 0 saturated heterocycles. The normalized spacial score (nSPS) is 21.5. The van der Waals surface area contributed by atoms with Gasteiger partial charge in [-0.15, -0.1) is 0 Å². The van der Waals surface area contributed by atoms with Gasteiger partial charge in [0.05, 0.1) is 12.4 Å². The first kappa shape index (κ1) is 16.3. The van der Waals surface area contributed by atoms with Gasteiger partial charge in [-0.2, -0.15) is 0 Å². The third-order valence-corrected chi connectivity index (χ3v) is 3.87. The molecule has 2 aliphatic rings. The quantitative estimate of drug-likeness (QED) is 0.854.